The minimum absolute atomic E-state index is 0.188. The van der Waals surface area contributed by atoms with Crippen molar-refractivity contribution in [1.82, 2.24) is 4.98 Å². The molecule has 0 radical (unpaired) electrons. The molecule has 142 valence electrons. The second-order valence-electron chi connectivity index (χ2n) is 5.80. The summed E-state index contributed by atoms with van der Waals surface area (Å²) in [4.78, 5) is 21.2. The van der Waals surface area contributed by atoms with Crippen LogP contribution in [0.4, 0.5) is 11.4 Å². The number of aromatic carboxylic acids is 1. The number of guanidine groups is 1. The Morgan fingerprint density at radius 2 is 2.11 bits per heavy atom. The van der Waals surface area contributed by atoms with E-state index in [0.29, 0.717) is 28.2 Å². The normalized spacial score (nSPS) is 11.2. The van der Waals surface area contributed by atoms with Gasteiger partial charge in [-0.2, -0.15) is 5.26 Å². The number of fused-ring (bicyclic) bond motifs is 1. The fourth-order valence-corrected chi connectivity index (χ4v) is 3.62. The van der Waals surface area contributed by atoms with Gasteiger partial charge in [-0.3, -0.25) is 4.99 Å². The highest BCUT2D eigenvalue weighted by molar-refractivity contribution is 7.82. The molecule has 9 heteroatoms. The quantitative estimate of drug-likeness (QED) is 0.188. The topological polar surface area (TPSA) is 102 Å². The van der Waals surface area contributed by atoms with Crippen LogP contribution in [0.1, 0.15) is 23.7 Å². The number of thiazole rings is 1. The molecule has 0 bridgehead atoms. The Morgan fingerprint density at radius 3 is 2.75 bits per heavy atom. The molecule has 0 atom stereocenters. The lowest BCUT2D eigenvalue weighted by molar-refractivity contribution is 0.0697. The molecule has 0 spiro atoms. The summed E-state index contributed by atoms with van der Waals surface area (Å²) in [7, 11) is 0. The molecule has 0 aliphatic heterocycles. The number of nitrogens with zero attached hydrogens (tertiary/aromatic N) is 4. The van der Waals surface area contributed by atoms with E-state index < -0.39 is 5.97 Å². The average Bonchev–Trinajstić information content (AvgIpc) is 3.06. The van der Waals surface area contributed by atoms with Gasteiger partial charge in [0.2, 0.25) is 5.96 Å². The SMILES string of the molecule is CCCN=C(Nc1ccc(C(=O)O)cc1)N(C#N)c1ccc2nc(S)sc2c1. The number of carboxylic acids is 1. The first-order chi connectivity index (χ1) is 13.5. The van der Waals surface area contributed by atoms with Gasteiger partial charge in [-0.25, -0.2) is 14.7 Å². The number of aliphatic imine (C=N–C) groups is 1. The molecule has 2 aromatic carbocycles. The number of thiol groups is 1. The third kappa shape index (κ3) is 4.42. The first-order valence-corrected chi connectivity index (χ1v) is 9.72. The van der Waals surface area contributed by atoms with Gasteiger partial charge in [0.05, 0.1) is 21.5 Å². The van der Waals surface area contributed by atoms with Gasteiger partial charge in [-0.15, -0.1) is 24.0 Å². The number of anilines is 2. The Balaban J connectivity index is 1.93. The Labute approximate surface area is 171 Å². The molecule has 1 aromatic heterocycles. The van der Waals surface area contributed by atoms with Crippen molar-refractivity contribution >= 4 is 57.5 Å². The highest BCUT2D eigenvalue weighted by atomic mass is 32.2. The summed E-state index contributed by atoms with van der Waals surface area (Å²) in [6.07, 6.45) is 2.98. The van der Waals surface area contributed by atoms with Gasteiger partial charge in [-0.05, 0) is 48.9 Å². The number of nitriles is 1. The highest BCUT2D eigenvalue weighted by Crippen LogP contribution is 2.29. The van der Waals surface area contributed by atoms with Crippen LogP contribution in [0.25, 0.3) is 10.2 Å². The summed E-state index contributed by atoms with van der Waals surface area (Å²) in [5, 5.41) is 21.9. The summed E-state index contributed by atoms with van der Waals surface area (Å²) >= 11 is 5.71. The third-order valence-corrected chi connectivity index (χ3v) is 5.00. The molecule has 0 amide bonds. The van der Waals surface area contributed by atoms with Crippen LogP contribution >= 0.6 is 24.0 Å². The molecule has 3 aromatic rings. The summed E-state index contributed by atoms with van der Waals surface area (Å²) < 4.78 is 1.58. The van der Waals surface area contributed by atoms with Crippen molar-refractivity contribution in [3.63, 3.8) is 0 Å². The van der Waals surface area contributed by atoms with E-state index >= 15 is 0 Å². The van der Waals surface area contributed by atoms with Crippen LogP contribution in [-0.2, 0) is 0 Å². The van der Waals surface area contributed by atoms with Crippen LogP contribution in [0.5, 0.6) is 0 Å². The number of hydrogen-bond donors (Lipinski definition) is 3. The maximum Gasteiger partial charge on any atom is 0.335 e. The first-order valence-electron chi connectivity index (χ1n) is 8.46. The molecule has 28 heavy (non-hydrogen) atoms. The van der Waals surface area contributed by atoms with Crippen LogP contribution in [0.2, 0.25) is 0 Å². The fraction of sp³-hybridized carbons (Fsp3) is 0.158. The summed E-state index contributed by atoms with van der Waals surface area (Å²) in [5.41, 5.74) is 2.29. The minimum Gasteiger partial charge on any atom is -0.478 e. The molecule has 0 aliphatic rings. The van der Waals surface area contributed by atoms with E-state index in [0.717, 1.165) is 16.6 Å². The molecule has 2 N–H and O–H groups in total. The zero-order valence-electron chi connectivity index (χ0n) is 15.0. The second-order valence-corrected chi connectivity index (χ2v) is 7.55. The molecule has 0 saturated carbocycles. The molecular weight excluding hydrogens is 394 g/mol. The maximum absolute atomic E-state index is 11.0. The second kappa shape index (κ2) is 8.73. The first kappa shape index (κ1) is 19.7. The van der Waals surface area contributed by atoms with Gasteiger partial charge in [0.15, 0.2) is 6.19 Å². The highest BCUT2D eigenvalue weighted by Gasteiger charge is 2.16. The van der Waals surface area contributed by atoms with Crippen LogP contribution < -0.4 is 10.2 Å². The van der Waals surface area contributed by atoms with E-state index in [9.17, 15) is 10.1 Å². The number of carboxylic acid groups (broad SMARTS) is 1. The van der Waals surface area contributed by atoms with Gasteiger partial charge in [0.25, 0.3) is 0 Å². The van der Waals surface area contributed by atoms with Crippen LogP contribution in [0, 0.1) is 11.5 Å². The van der Waals surface area contributed by atoms with Crippen molar-refractivity contribution in [2.75, 3.05) is 16.8 Å². The van der Waals surface area contributed by atoms with E-state index in [2.05, 4.69) is 34.1 Å². The smallest absolute Gasteiger partial charge is 0.335 e. The lowest BCUT2D eigenvalue weighted by Crippen LogP contribution is -2.33. The van der Waals surface area contributed by atoms with Gasteiger partial charge in [0.1, 0.15) is 4.34 Å². The van der Waals surface area contributed by atoms with Crippen molar-refractivity contribution in [2.24, 2.45) is 4.99 Å². The van der Waals surface area contributed by atoms with Crippen molar-refractivity contribution in [3.8, 4) is 6.19 Å². The number of carbonyl (C=O) groups is 1. The molecule has 0 aliphatic carbocycles. The van der Waals surface area contributed by atoms with Crippen LogP contribution in [-0.4, -0.2) is 28.6 Å². The number of aromatic nitrogens is 1. The van der Waals surface area contributed by atoms with Gasteiger partial charge < -0.3 is 10.4 Å². The predicted octanol–water partition coefficient (Wildman–Crippen LogP) is 4.45. The van der Waals surface area contributed by atoms with Crippen molar-refractivity contribution in [3.05, 3.63) is 48.0 Å². The minimum atomic E-state index is -0.994. The molecule has 0 saturated heterocycles. The Hall–Kier alpha value is -3.09. The standard InChI is InChI=1S/C19H17N5O2S2/c1-2-9-21-18(22-13-5-3-12(4-6-13)17(25)26)24(11-20)14-7-8-15-16(10-14)28-19(27)23-15/h3-8,10H,2,9H2,1H3,(H,21,22)(H,23,27)(H,25,26). The van der Waals surface area contributed by atoms with Gasteiger partial charge >= 0.3 is 5.97 Å². The van der Waals surface area contributed by atoms with E-state index in [-0.39, 0.29) is 5.56 Å². The molecule has 0 fully saturated rings. The van der Waals surface area contributed by atoms with Crippen LogP contribution in [0.3, 0.4) is 0 Å². The molecular formula is C19H17N5O2S2. The third-order valence-electron chi connectivity index (χ3n) is 3.80. The number of hydrogen-bond acceptors (Lipinski definition) is 6. The summed E-state index contributed by atoms with van der Waals surface area (Å²) in [6, 6.07) is 11.8. The molecule has 1 heterocycles. The van der Waals surface area contributed by atoms with Crippen molar-refractivity contribution in [2.45, 2.75) is 17.7 Å². The van der Waals surface area contributed by atoms with Crippen LogP contribution in [0.15, 0.2) is 51.8 Å². The monoisotopic (exact) mass is 411 g/mol. The average molecular weight is 412 g/mol. The summed E-state index contributed by atoms with van der Waals surface area (Å²) in [5.74, 6) is -0.631. The number of rotatable bonds is 5. The zero-order valence-corrected chi connectivity index (χ0v) is 16.7. The van der Waals surface area contributed by atoms with Crippen molar-refractivity contribution < 1.29 is 9.90 Å². The largest absolute Gasteiger partial charge is 0.478 e. The van der Waals surface area contributed by atoms with Gasteiger partial charge in [-0.1, -0.05) is 6.92 Å². The van der Waals surface area contributed by atoms with E-state index in [1.165, 1.54) is 28.4 Å². The molecule has 3 rings (SSSR count). The summed E-state index contributed by atoms with van der Waals surface area (Å²) in [6.45, 7) is 2.54. The molecule has 0 unspecified atom stereocenters. The Morgan fingerprint density at radius 1 is 1.36 bits per heavy atom. The van der Waals surface area contributed by atoms with E-state index in [4.69, 9.17) is 5.11 Å². The Bertz CT molecular complexity index is 1070. The van der Waals surface area contributed by atoms with E-state index in [1.54, 1.807) is 18.2 Å². The lowest BCUT2D eigenvalue weighted by atomic mass is 10.2. The Kier molecular flexibility index (Phi) is 6.13. The van der Waals surface area contributed by atoms with E-state index in [1.807, 2.05) is 19.1 Å². The fourth-order valence-electron chi connectivity index (χ4n) is 2.48. The van der Waals surface area contributed by atoms with Gasteiger partial charge in [0, 0.05) is 12.2 Å². The lowest BCUT2D eigenvalue weighted by Gasteiger charge is -2.19. The molecule has 7 nitrogen and oxygen atoms in total. The van der Waals surface area contributed by atoms with Crippen molar-refractivity contribution in [1.29, 1.82) is 5.26 Å². The predicted molar refractivity (Wildman–Crippen MR) is 115 cm³/mol. The zero-order chi connectivity index (χ0) is 20.1. The number of nitrogens with one attached hydrogen (secondary N) is 1. The maximum atomic E-state index is 11.0. The number of benzene rings is 2.